The average molecular weight is 484 g/mol. The van der Waals surface area contributed by atoms with Crippen molar-refractivity contribution in [3.63, 3.8) is 0 Å². The molecule has 0 aromatic heterocycles. The molecule has 9 atom stereocenters. The van der Waals surface area contributed by atoms with Gasteiger partial charge >= 0.3 is 67.3 Å². The van der Waals surface area contributed by atoms with E-state index in [0.717, 1.165) is 0 Å². The van der Waals surface area contributed by atoms with Crippen molar-refractivity contribution in [2.45, 2.75) is 68.6 Å². The van der Waals surface area contributed by atoms with E-state index in [4.69, 9.17) is 14.2 Å². The van der Waals surface area contributed by atoms with Crippen molar-refractivity contribution in [3.05, 3.63) is 5.21 Å². The molecule has 0 radical (unpaired) electrons. The molecule has 2 fully saturated rings. The summed E-state index contributed by atoms with van der Waals surface area (Å²) >= 11 is 0. The normalized spacial score (nSPS) is 39.8. The van der Waals surface area contributed by atoms with E-state index in [2.05, 4.69) is 4.18 Å². The van der Waals surface area contributed by atoms with Crippen LogP contribution in [0.1, 0.15) is 13.3 Å². The van der Waals surface area contributed by atoms with Crippen molar-refractivity contribution in [1.82, 2.24) is 0 Å². The van der Waals surface area contributed by atoms with Gasteiger partial charge in [-0.1, -0.05) is 6.92 Å². The Labute approximate surface area is 219 Å². The number of hydrogen-bond acceptors (Lipinski definition) is 13. The topological polar surface area (TPSA) is 245 Å². The minimum atomic E-state index is -5.32. The van der Waals surface area contributed by atoms with Crippen LogP contribution in [0.25, 0.3) is 0 Å². The van der Waals surface area contributed by atoms with Gasteiger partial charge in [-0.3, -0.25) is 8.92 Å². The predicted molar refractivity (Wildman–Crippen MR) is 85.1 cm³/mol. The molecule has 0 amide bonds. The fourth-order valence-corrected chi connectivity index (χ4v) is 3.42. The zero-order valence-corrected chi connectivity index (χ0v) is 20.8. The van der Waals surface area contributed by atoms with Crippen LogP contribution in [0.4, 0.5) is 0 Å². The van der Waals surface area contributed by atoms with E-state index < -0.39 is 72.3 Å². The Balaban J connectivity index is 0. The zero-order valence-electron chi connectivity index (χ0n) is 15.8. The number of hydrogen-bond donors (Lipinski definition) is 5. The smallest absolute Gasteiger partial charge is 0.870 e. The van der Waals surface area contributed by atoms with Gasteiger partial charge in [-0.05, 0) is 6.42 Å². The second-order valence-electron chi connectivity index (χ2n) is 5.95. The first-order valence-corrected chi connectivity index (χ1v) is 9.17. The Hall–Kier alpha value is 1.73. The maximum absolute atomic E-state index is 11.0. The molecule has 0 aromatic rings. The van der Waals surface area contributed by atoms with Crippen molar-refractivity contribution in [2.75, 3.05) is 6.61 Å². The Morgan fingerprint density at radius 2 is 1.66 bits per heavy atom. The third-order valence-corrected chi connectivity index (χ3v) is 4.71. The van der Waals surface area contributed by atoms with Crippen LogP contribution >= 0.6 is 0 Å². The summed E-state index contributed by atoms with van der Waals surface area (Å²) in [5, 5.41) is 50.1. The molecule has 162 valence electrons. The van der Waals surface area contributed by atoms with Crippen LogP contribution in [0.15, 0.2) is 0 Å². The molecule has 7 N–H and O–H groups in total. The van der Waals surface area contributed by atoms with Crippen molar-refractivity contribution in [1.29, 1.82) is 0 Å². The van der Waals surface area contributed by atoms with Crippen molar-refractivity contribution >= 4 is 48.1 Å². The quantitative estimate of drug-likeness (QED) is 0.0976. The van der Waals surface area contributed by atoms with Crippen molar-refractivity contribution in [2.24, 2.45) is 0 Å². The summed E-state index contributed by atoms with van der Waals surface area (Å²) < 4.78 is 52.8. The molecule has 0 bridgehead atoms. The van der Waals surface area contributed by atoms with Crippen LogP contribution in [0, 0.1) is 5.21 Å². The first-order valence-electron chi connectivity index (χ1n) is 7.83. The summed E-state index contributed by atoms with van der Waals surface area (Å²) in [6, 6.07) is 0. The number of rotatable bonds is 7. The summed E-state index contributed by atoms with van der Waals surface area (Å²) in [7, 11) is -5.32. The van der Waals surface area contributed by atoms with Crippen LogP contribution in [-0.2, 0) is 28.8 Å². The van der Waals surface area contributed by atoms with E-state index in [1.54, 1.807) is 6.92 Å². The largest absolute Gasteiger partial charge is 2.00 e. The zero-order chi connectivity index (χ0) is 19.6. The van der Waals surface area contributed by atoms with Gasteiger partial charge in [-0.2, -0.15) is 0 Å². The third-order valence-electron chi connectivity index (χ3n) is 4.25. The van der Waals surface area contributed by atoms with Crippen LogP contribution in [0.5, 0.6) is 0 Å². The Bertz CT molecular complexity index is 572. The van der Waals surface area contributed by atoms with Crippen LogP contribution in [-0.4, -0.2) is 138 Å². The van der Waals surface area contributed by atoms with E-state index >= 15 is 0 Å². The van der Waals surface area contributed by atoms with Crippen LogP contribution in [0.2, 0.25) is 0 Å². The fraction of sp³-hybridized carbons (Fsp3) is 1.00. The summed E-state index contributed by atoms with van der Waals surface area (Å²) in [5.41, 5.74) is 0.154. The molecule has 2 aliphatic heterocycles. The molecular weight excluding hydrogens is 461 g/mol. The van der Waals surface area contributed by atoms with Gasteiger partial charge in [0.25, 0.3) is 0 Å². The fourth-order valence-electron chi connectivity index (χ4n) is 2.94. The Kier molecular flexibility index (Phi) is 16.0. The van der Waals surface area contributed by atoms with Gasteiger partial charge in [0.2, 0.25) is 16.6 Å². The van der Waals surface area contributed by atoms with E-state index in [-0.39, 0.29) is 78.3 Å². The first-order chi connectivity index (χ1) is 12.1. The summed E-state index contributed by atoms with van der Waals surface area (Å²) in [5.74, 6) is 0. The molecule has 2 saturated heterocycles. The third kappa shape index (κ3) is 8.22. The molecular formula is C12H23CaNNaO13S+. The number of quaternary nitrogens is 1. The van der Waals surface area contributed by atoms with Crippen molar-refractivity contribution < 1.29 is 92.3 Å². The predicted octanol–water partition coefficient (Wildman–Crippen LogP) is -8.34. The Morgan fingerprint density at radius 3 is 2.10 bits per heavy atom. The standard InChI is InChI=1S/C12H23NO12S.Ca.Na.H2O/c1-2-4-9(6(15)5(3-14)22-4)23-12-10(25-26(19,20)21)7(16)8(17)11(13-18)24-12;;;/h4-12,14-17H,2-3,13H2,1H3,(H,19,20,21);;;1H2/q;+2;+1;/p-2. The molecule has 17 heteroatoms. The Morgan fingerprint density at radius 1 is 1.07 bits per heavy atom. The minimum Gasteiger partial charge on any atom is -0.870 e. The van der Waals surface area contributed by atoms with Gasteiger partial charge in [-0.15, -0.1) is 0 Å². The van der Waals surface area contributed by atoms with Crippen LogP contribution < -0.4 is 35.0 Å². The molecule has 0 aliphatic carbocycles. The molecule has 9 unspecified atom stereocenters. The molecule has 14 nitrogen and oxygen atoms in total. The molecule has 2 rings (SSSR count). The van der Waals surface area contributed by atoms with E-state index in [9.17, 15) is 38.6 Å². The number of hydroxylamine groups is 1. The second kappa shape index (κ2) is 14.1. The van der Waals surface area contributed by atoms with Gasteiger partial charge in [0.1, 0.15) is 24.4 Å². The molecule has 2 aliphatic rings. The van der Waals surface area contributed by atoms with E-state index in [1.807, 2.05) is 0 Å². The monoisotopic (exact) mass is 484 g/mol. The minimum absolute atomic E-state index is 0. The van der Waals surface area contributed by atoms with Gasteiger partial charge < -0.3 is 50.6 Å². The SMILES string of the molecule is CCC1OC(CO)C(O)C1OC1OC([NH2+][O-])C(O)C(O)C1OS(=O)(=O)[O-].[Ca+2].[Na+].[OH-]. The summed E-state index contributed by atoms with van der Waals surface area (Å²) in [6.07, 6.45) is -13.1. The number of ether oxygens (including phenoxy) is 3. The summed E-state index contributed by atoms with van der Waals surface area (Å²) in [6.45, 7) is 1.17. The number of aliphatic hydroxyl groups excluding tert-OH is 4. The first kappa shape index (κ1) is 32.9. The van der Waals surface area contributed by atoms with E-state index in [1.165, 1.54) is 0 Å². The van der Waals surface area contributed by atoms with E-state index in [0.29, 0.717) is 6.42 Å². The second-order valence-corrected chi connectivity index (χ2v) is 6.96. The average Bonchev–Trinajstić information content (AvgIpc) is 2.88. The van der Waals surface area contributed by atoms with Crippen LogP contribution in [0.3, 0.4) is 0 Å². The molecule has 0 aromatic carbocycles. The molecule has 2 heterocycles. The molecule has 0 saturated carbocycles. The van der Waals surface area contributed by atoms with Gasteiger partial charge in [0.05, 0.1) is 12.7 Å². The maximum Gasteiger partial charge on any atom is 2.00 e. The van der Waals surface area contributed by atoms with Gasteiger partial charge in [0.15, 0.2) is 18.5 Å². The van der Waals surface area contributed by atoms with Gasteiger partial charge in [-0.25, -0.2) is 8.42 Å². The maximum atomic E-state index is 11.0. The van der Waals surface area contributed by atoms with Crippen molar-refractivity contribution in [3.8, 4) is 0 Å². The number of aliphatic hydroxyl groups is 4. The molecule has 0 spiro atoms. The molecule has 29 heavy (non-hydrogen) atoms. The van der Waals surface area contributed by atoms with Gasteiger partial charge in [0, 0.05) is 0 Å². The summed E-state index contributed by atoms with van der Waals surface area (Å²) in [4.78, 5) is 0. The number of nitrogens with two attached hydrogens (primary N) is 1.